The maximum absolute atomic E-state index is 12.2. The predicted molar refractivity (Wildman–Crippen MR) is 87.4 cm³/mol. The van der Waals surface area contributed by atoms with Crippen molar-refractivity contribution in [2.75, 3.05) is 4.90 Å². The number of rotatable bonds is 2. The standard InChI is InChI=1S/C16H16N4OS/c21-14-16(6-1-7-16)20(15(22)19-14)13-4-2-11(3-5-13)12-8-17-10-18-9-12/h2-5,8-10,15,22H,1,6-7H2,(H,19,21). The summed E-state index contributed by atoms with van der Waals surface area (Å²) >= 11 is 4.53. The Morgan fingerprint density at radius 3 is 2.41 bits per heavy atom. The van der Waals surface area contributed by atoms with Crippen molar-refractivity contribution < 1.29 is 4.79 Å². The Balaban J connectivity index is 1.67. The second-order valence-electron chi connectivity index (χ2n) is 5.78. The maximum Gasteiger partial charge on any atom is 0.248 e. The van der Waals surface area contributed by atoms with Crippen molar-refractivity contribution in [3.05, 3.63) is 43.0 Å². The topological polar surface area (TPSA) is 58.1 Å². The van der Waals surface area contributed by atoms with Crippen LogP contribution in [0.15, 0.2) is 43.0 Å². The molecular weight excluding hydrogens is 296 g/mol. The third-order valence-electron chi connectivity index (χ3n) is 4.61. The number of thiol groups is 1. The first-order valence-corrected chi connectivity index (χ1v) is 7.86. The highest BCUT2D eigenvalue weighted by Crippen LogP contribution is 2.45. The molecule has 2 aliphatic rings. The quantitative estimate of drug-likeness (QED) is 0.835. The maximum atomic E-state index is 12.2. The summed E-state index contributed by atoms with van der Waals surface area (Å²) in [5.41, 5.74) is 2.38. The number of anilines is 1. The zero-order chi connectivity index (χ0) is 15.2. The lowest BCUT2D eigenvalue weighted by molar-refractivity contribution is -0.126. The molecule has 2 heterocycles. The van der Waals surface area contributed by atoms with E-state index in [0.29, 0.717) is 0 Å². The lowest BCUT2D eigenvalue weighted by atomic mass is 9.75. The summed E-state index contributed by atoms with van der Waals surface area (Å²) < 4.78 is 0. The van der Waals surface area contributed by atoms with Crippen molar-refractivity contribution >= 4 is 24.2 Å². The third kappa shape index (κ3) is 1.90. The molecule has 1 aliphatic heterocycles. The van der Waals surface area contributed by atoms with Gasteiger partial charge in [-0.2, -0.15) is 0 Å². The molecule has 6 heteroatoms. The van der Waals surface area contributed by atoms with Crippen LogP contribution in [0.1, 0.15) is 19.3 Å². The second kappa shape index (κ2) is 4.98. The van der Waals surface area contributed by atoms with Crippen LogP contribution >= 0.6 is 12.6 Å². The summed E-state index contributed by atoms with van der Waals surface area (Å²) in [5.74, 6) is 0.0966. The Morgan fingerprint density at radius 1 is 1.14 bits per heavy atom. The molecule has 1 spiro atoms. The normalized spacial score (nSPS) is 22.5. The molecule has 2 fully saturated rings. The van der Waals surface area contributed by atoms with Gasteiger partial charge in [-0.05, 0) is 37.0 Å². The van der Waals surface area contributed by atoms with Gasteiger partial charge in [0.1, 0.15) is 17.4 Å². The zero-order valence-corrected chi connectivity index (χ0v) is 12.8. The SMILES string of the molecule is O=C1NC(S)N(c2ccc(-c3cncnc3)cc2)C12CCC2. The fourth-order valence-electron chi connectivity index (χ4n) is 3.29. The van der Waals surface area contributed by atoms with Gasteiger partial charge >= 0.3 is 0 Å². The van der Waals surface area contributed by atoms with E-state index < -0.39 is 5.54 Å². The van der Waals surface area contributed by atoms with E-state index in [0.717, 1.165) is 36.1 Å². The van der Waals surface area contributed by atoms with Crippen molar-refractivity contribution in [3.63, 3.8) is 0 Å². The van der Waals surface area contributed by atoms with Gasteiger partial charge in [-0.3, -0.25) is 4.79 Å². The highest BCUT2D eigenvalue weighted by molar-refractivity contribution is 7.81. The molecule has 4 rings (SSSR count). The number of aromatic nitrogens is 2. The third-order valence-corrected chi connectivity index (χ3v) is 4.97. The van der Waals surface area contributed by atoms with E-state index in [1.807, 2.05) is 24.3 Å². The largest absolute Gasteiger partial charge is 0.328 e. The van der Waals surface area contributed by atoms with Crippen molar-refractivity contribution in [2.45, 2.75) is 30.3 Å². The smallest absolute Gasteiger partial charge is 0.248 e. The molecule has 1 amide bonds. The minimum absolute atomic E-state index is 0.0966. The Bertz CT molecular complexity index is 700. The van der Waals surface area contributed by atoms with Gasteiger partial charge in [-0.15, -0.1) is 12.6 Å². The molecule has 1 aromatic heterocycles. The van der Waals surface area contributed by atoms with Crippen LogP contribution in [0.4, 0.5) is 5.69 Å². The Morgan fingerprint density at radius 2 is 1.82 bits per heavy atom. The molecule has 1 saturated heterocycles. The number of hydrogen-bond acceptors (Lipinski definition) is 5. The van der Waals surface area contributed by atoms with Crippen LogP contribution in [0, 0.1) is 0 Å². The Labute approximate surface area is 134 Å². The fourth-order valence-corrected chi connectivity index (χ4v) is 3.76. The molecule has 1 aromatic carbocycles. The summed E-state index contributed by atoms with van der Waals surface area (Å²) in [5, 5.41) is 2.94. The van der Waals surface area contributed by atoms with Gasteiger partial charge in [0.15, 0.2) is 0 Å². The Kier molecular flexibility index (Phi) is 3.07. The number of hydrogen-bond donors (Lipinski definition) is 2. The molecule has 0 bridgehead atoms. The molecule has 5 nitrogen and oxygen atoms in total. The van der Waals surface area contributed by atoms with Gasteiger partial charge in [-0.25, -0.2) is 9.97 Å². The molecular formula is C16H16N4OS. The number of carbonyl (C=O) groups excluding carboxylic acids is 1. The van der Waals surface area contributed by atoms with Crippen LogP contribution < -0.4 is 10.2 Å². The van der Waals surface area contributed by atoms with Crippen molar-refractivity contribution in [1.82, 2.24) is 15.3 Å². The molecule has 1 aliphatic carbocycles. The number of amides is 1. The van der Waals surface area contributed by atoms with Gasteiger partial charge in [-0.1, -0.05) is 12.1 Å². The number of nitrogens with zero attached hydrogens (tertiary/aromatic N) is 3. The summed E-state index contributed by atoms with van der Waals surface area (Å²) in [4.78, 5) is 22.4. The molecule has 112 valence electrons. The van der Waals surface area contributed by atoms with Crippen molar-refractivity contribution in [1.29, 1.82) is 0 Å². The first-order valence-electron chi connectivity index (χ1n) is 7.35. The number of nitrogens with one attached hydrogen (secondary N) is 1. The molecule has 1 saturated carbocycles. The molecule has 22 heavy (non-hydrogen) atoms. The lowest BCUT2D eigenvalue weighted by Crippen LogP contribution is -2.55. The highest BCUT2D eigenvalue weighted by Gasteiger charge is 2.55. The minimum Gasteiger partial charge on any atom is -0.328 e. The van der Waals surface area contributed by atoms with E-state index >= 15 is 0 Å². The summed E-state index contributed by atoms with van der Waals surface area (Å²) in [6.45, 7) is 0. The monoisotopic (exact) mass is 312 g/mol. The van der Waals surface area contributed by atoms with E-state index in [-0.39, 0.29) is 11.4 Å². The molecule has 1 unspecified atom stereocenters. The molecule has 2 aromatic rings. The highest BCUT2D eigenvalue weighted by atomic mass is 32.1. The average molecular weight is 312 g/mol. The van der Waals surface area contributed by atoms with E-state index in [1.54, 1.807) is 12.4 Å². The second-order valence-corrected chi connectivity index (χ2v) is 6.27. The van der Waals surface area contributed by atoms with Crippen LogP contribution in [-0.2, 0) is 4.79 Å². The van der Waals surface area contributed by atoms with Gasteiger partial charge in [0.2, 0.25) is 5.91 Å². The first-order chi connectivity index (χ1) is 10.7. The molecule has 0 radical (unpaired) electrons. The van der Waals surface area contributed by atoms with E-state index in [9.17, 15) is 4.79 Å². The van der Waals surface area contributed by atoms with Crippen LogP contribution in [-0.4, -0.2) is 26.9 Å². The van der Waals surface area contributed by atoms with E-state index in [1.165, 1.54) is 6.33 Å². The fraction of sp³-hybridized carbons (Fsp3) is 0.312. The van der Waals surface area contributed by atoms with Gasteiger partial charge in [0.25, 0.3) is 0 Å². The summed E-state index contributed by atoms with van der Waals surface area (Å²) in [6, 6.07) is 8.13. The number of benzene rings is 1. The summed E-state index contributed by atoms with van der Waals surface area (Å²) in [6.07, 6.45) is 7.97. The molecule has 1 N–H and O–H groups in total. The molecule has 1 atom stereocenters. The summed E-state index contributed by atoms with van der Waals surface area (Å²) in [7, 11) is 0. The lowest BCUT2D eigenvalue weighted by Gasteiger charge is -2.44. The van der Waals surface area contributed by atoms with Crippen LogP contribution in [0.5, 0.6) is 0 Å². The number of carbonyl (C=O) groups is 1. The van der Waals surface area contributed by atoms with Gasteiger partial charge in [0, 0.05) is 23.6 Å². The van der Waals surface area contributed by atoms with Crippen molar-refractivity contribution in [3.8, 4) is 11.1 Å². The zero-order valence-electron chi connectivity index (χ0n) is 11.9. The van der Waals surface area contributed by atoms with E-state index in [4.69, 9.17) is 0 Å². The first kappa shape index (κ1) is 13.6. The van der Waals surface area contributed by atoms with Gasteiger partial charge in [0.05, 0.1) is 0 Å². The minimum atomic E-state index is -0.399. The van der Waals surface area contributed by atoms with Crippen LogP contribution in [0.2, 0.25) is 0 Å². The van der Waals surface area contributed by atoms with Crippen LogP contribution in [0.25, 0.3) is 11.1 Å². The van der Waals surface area contributed by atoms with Crippen LogP contribution in [0.3, 0.4) is 0 Å². The Hall–Kier alpha value is -2.08. The van der Waals surface area contributed by atoms with E-state index in [2.05, 4.69) is 32.8 Å². The van der Waals surface area contributed by atoms with Crippen molar-refractivity contribution in [2.24, 2.45) is 0 Å². The van der Waals surface area contributed by atoms with Gasteiger partial charge < -0.3 is 10.2 Å². The predicted octanol–water partition coefficient (Wildman–Crippen LogP) is 2.22. The average Bonchev–Trinajstić information content (AvgIpc) is 2.79.